The maximum atomic E-state index is 12.3. The Balaban J connectivity index is 2.24. The smallest absolute Gasteiger partial charge is 0.265 e. The van der Waals surface area contributed by atoms with Gasteiger partial charge in [-0.05, 0) is 51.8 Å². The normalized spacial score (nSPS) is 11.0. The minimum atomic E-state index is -0.721. The van der Waals surface area contributed by atoms with E-state index in [9.17, 15) is 9.59 Å². The molecule has 23 heavy (non-hydrogen) atoms. The molecule has 3 N–H and O–H groups in total. The minimum absolute atomic E-state index is 0.0101. The number of carbonyl (C=O) groups is 2. The molecule has 0 fully saturated rings. The standard InChI is InChI=1S/C17H15BrN2O3/c1-23-12-8-6-11(7-9-12)10-15(16(19)21)20-17(22)13-4-2-3-5-14(13)18/h2-10H,1H3,(H2,19,21)(H,20,22)/b15-10+. The van der Waals surface area contributed by atoms with E-state index in [1.54, 1.807) is 55.6 Å². The van der Waals surface area contributed by atoms with Crippen molar-refractivity contribution >= 4 is 33.8 Å². The number of amides is 2. The van der Waals surface area contributed by atoms with E-state index in [1.807, 2.05) is 0 Å². The first-order chi connectivity index (χ1) is 11.0. The molecule has 0 aromatic heterocycles. The molecule has 2 rings (SSSR count). The van der Waals surface area contributed by atoms with Crippen LogP contribution in [0.4, 0.5) is 0 Å². The van der Waals surface area contributed by atoms with E-state index in [-0.39, 0.29) is 5.70 Å². The molecule has 0 unspecified atom stereocenters. The molecular weight excluding hydrogens is 360 g/mol. The van der Waals surface area contributed by atoms with Crippen molar-refractivity contribution in [3.63, 3.8) is 0 Å². The van der Waals surface area contributed by atoms with Gasteiger partial charge in [0.15, 0.2) is 0 Å². The second-order valence-corrected chi connectivity index (χ2v) is 5.48. The highest BCUT2D eigenvalue weighted by Crippen LogP contribution is 2.17. The summed E-state index contributed by atoms with van der Waals surface area (Å²) in [7, 11) is 1.57. The molecular formula is C17H15BrN2O3. The number of nitrogens with one attached hydrogen (secondary N) is 1. The highest BCUT2D eigenvalue weighted by molar-refractivity contribution is 9.10. The summed E-state index contributed by atoms with van der Waals surface area (Å²) in [6.45, 7) is 0. The average Bonchev–Trinajstić information content (AvgIpc) is 2.55. The van der Waals surface area contributed by atoms with Gasteiger partial charge in [0.1, 0.15) is 11.4 Å². The number of nitrogens with two attached hydrogens (primary N) is 1. The zero-order valence-electron chi connectivity index (χ0n) is 12.4. The number of carbonyl (C=O) groups excluding carboxylic acids is 2. The van der Waals surface area contributed by atoms with Crippen LogP contribution in [0.2, 0.25) is 0 Å². The van der Waals surface area contributed by atoms with Gasteiger partial charge in [-0.2, -0.15) is 0 Å². The molecule has 0 bridgehead atoms. The van der Waals surface area contributed by atoms with Gasteiger partial charge in [-0.3, -0.25) is 9.59 Å². The van der Waals surface area contributed by atoms with E-state index in [4.69, 9.17) is 10.5 Å². The van der Waals surface area contributed by atoms with E-state index in [0.717, 1.165) is 0 Å². The lowest BCUT2D eigenvalue weighted by Crippen LogP contribution is -2.31. The van der Waals surface area contributed by atoms with E-state index in [2.05, 4.69) is 21.2 Å². The monoisotopic (exact) mass is 374 g/mol. The molecule has 2 aromatic carbocycles. The van der Waals surface area contributed by atoms with Crippen LogP contribution in [-0.4, -0.2) is 18.9 Å². The third-order valence-electron chi connectivity index (χ3n) is 3.06. The molecule has 0 heterocycles. The Kier molecular flexibility index (Phi) is 5.54. The molecule has 2 aromatic rings. The molecule has 0 atom stereocenters. The number of primary amides is 1. The van der Waals surface area contributed by atoms with Gasteiger partial charge in [0, 0.05) is 4.47 Å². The molecule has 5 nitrogen and oxygen atoms in total. The highest BCUT2D eigenvalue weighted by atomic mass is 79.9. The Hall–Kier alpha value is -2.60. The van der Waals surface area contributed by atoms with Crippen molar-refractivity contribution in [2.45, 2.75) is 0 Å². The molecule has 0 saturated heterocycles. The number of hydrogen-bond acceptors (Lipinski definition) is 3. The SMILES string of the molecule is COc1ccc(/C=C(/NC(=O)c2ccccc2Br)C(N)=O)cc1. The molecule has 6 heteroatoms. The topological polar surface area (TPSA) is 81.4 Å². The predicted octanol–water partition coefficient (Wildman–Crippen LogP) is 2.71. The summed E-state index contributed by atoms with van der Waals surface area (Å²) < 4.78 is 5.70. The van der Waals surface area contributed by atoms with Crippen LogP contribution in [0, 0.1) is 0 Å². The maximum Gasteiger partial charge on any atom is 0.265 e. The van der Waals surface area contributed by atoms with Crippen molar-refractivity contribution < 1.29 is 14.3 Å². The molecule has 0 aliphatic heterocycles. The summed E-state index contributed by atoms with van der Waals surface area (Å²) in [5.74, 6) is -0.447. The highest BCUT2D eigenvalue weighted by Gasteiger charge is 2.14. The van der Waals surface area contributed by atoms with Crippen molar-refractivity contribution in [2.24, 2.45) is 5.73 Å². The minimum Gasteiger partial charge on any atom is -0.497 e. The number of halogens is 1. The number of ether oxygens (including phenoxy) is 1. The van der Waals surface area contributed by atoms with Crippen LogP contribution in [0.3, 0.4) is 0 Å². The first kappa shape index (κ1) is 16.8. The fourth-order valence-electron chi connectivity index (χ4n) is 1.87. The van der Waals surface area contributed by atoms with Crippen LogP contribution in [-0.2, 0) is 4.79 Å². The number of hydrogen-bond donors (Lipinski definition) is 2. The van der Waals surface area contributed by atoms with Crippen LogP contribution in [0.1, 0.15) is 15.9 Å². The second kappa shape index (κ2) is 7.60. The van der Waals surface area contributed by atoms with Gasteiger partial charge in [0.05, 0.1) is 12.7 Å². The van der Waals surface area contributed by atoms with Crippen molar-refractivity contribution in [3.8, 4) is 5.75 Å². The van der Waals surface area contributed by atoms with Gasteiger partial charge in [-0.15, -0.1) is 0 Å². The molecule has 0 aliphatic rings. The summed E-state index contributed by atoms with van der Waals surface area (Å²) in [6, 6.07) is 13.9. The quantitative estimate of drug-likeness (QED) is 0.789. The number of rotatable bonds is 5. The van der Waals surface area contributed by atoms with Gasteiger partial charge >= 0.3 is 0 Å². The Morgan fingerprint density at radius 2 is 1.78 bits per heavy atom. The van der Waals surface area contributed by atoms with Crippen LogP contribution in [0.15, 0.2) is 58.7 Å². The van der Waals surface area contributed by atoms with Crippen LogP contribution in [0.25, 0.3) is 6.08 Å². The van der Waals surface area contributed by atoms with Gasteiger partial charge in [-0.1, -0.05) is 24.3 Å². The number of methoxy groups -OCH3 is 1. The summed E-state index contributed by atoms with van der Waals surface area (Å²) in [4.78, 5) is 23.8. The largest absolute Gasteiger partial charge is 0.497 e. The molecule has 118 valence electrons. The Labute approximate surface area is 142 Å². The van der Waals surface area contributed by atoms with E-state index in [0.29, 0.717) is 21.3 Å². The van der Waals surface area contributed by atoms with Crippen LogP contribution >= 0.6 is 15.9 Å². The third-order valence-corrected chi connectivity index (χ3v) is 3.75. The third kappa shape index (κ3) is 4.43. The van der Waals surface area contributed by atoms with E-state index < -0.39 is 11.8 Å². The lowest BCUT2D eigenvalue weighted by atomic mass is 10.1. The lowest BCUT2D eigenvalue weighted by molar-refractivity contribution is -0.114. The fourth-order valence-corrected chi connectivity index (χ4v) is 2.34. The average molecular weight is 375 g/mol. The molecule has 0 saturated carbocycles. The van der Waals surface area contributed by atoms with Crippen LogP contribution < -0.4 is 15.8 Å². The summed E-state index contributed by atoms with van der Waals surface area (Å²) in [6.07, 6.45) is 1.51. The first-order valence-corrected chi connectivity index (χ1v) is 7.52. The number of benzene rings is 2. The molecule has 0 aliphatic carbocycles. The Morgan fingerprint density at radius 1 is 1.13 bits per heavy atom. The van der Waals surface area contributed by atoms with Gasteiger partial charge in [0.25, 0.3) is 11.8 Å². The van der Waals surface area contributed by atoms with Gasteiger partial charge in [0.2, 0.25) is 0 Å². The molecule has 0 spiro atoms. The Bertz CT molecular complexity index is 755. The maximum absolute atomic E-state index is 12.3. The summed E-state index contributed by atoms with van der Waals surface area (Å²) >= 11 is 3.30. The first-order valence-electron chi connectivity index (χ1n) is 6.72. The molecule has 2 amide bonds. The second-order valence-electron chi connectivity index (χ2n) is 4.63. The van der Waals surface area contributed by atoms with Crippen molar-refractivity contribution in [1.82, 2.24) is 5.32 Å². The van der Waals surface area contributed by atoms with E-state index in [1.165, 1.54) is 6.08 Å². The van der Waals surface area contributed by atoms with Crippen molar-refractivity contribution in [2.75, 3.05) is 7.11 Å². The van der Waals surface area contributed by atoms with Crippen LogP contribution in [0.5, 0.6) is 5.75 Å². The van der Waals surface area contributed by atoms with Crippen molar-refractivity contribution in [3.05, 3.63) is 69.8 Å². The van der Waals surface area contributed by atoms with Gasteiger partial charge < -0.3 is 15.8 Å². The zero-order valence-corrected chi connectivity index (χ0v) is 14.0. The fraction of sp³-hybridized carbons (Fsp3) is 0.0588. The zero-order chi connectivity index (χ0) is 16.8. The summed E-state index contributed by atoms with van der Waals surface area (Å²) in [5.41, 5.74) is 6.48. The predicted molar refractivity (Wildman–Crippen MR) is 91.8 cm³/mol. The lowest BCUT2D eigenvalue weighted by Gasteiger charge is -2.08. The van der Waals surface area contributed by atoms with Gasteiger partial charge in [-0.25, -0.2) is 0 Å². The Morgan fingerprint density at radius 3 is 2.35 bits per heavy atom. The van der Waals surface area contributed by atoms with E-state index >= 15 is 0 Å². The summed E-state index contributed by atoms with van der Waals surface area (Å²) in [5, 5.41) is 2.54. The van der Waals surface area contributed by atoms with Crippen molar-refractivity contribution in [1.29, 1.82) is 0 Å². The molecule has 0 radical (unpaired) electrons.